The van der Waals surface area contributed by atoms with Crippen LogP contribution in [0.5, 0.6) is 17.2 Å². The van der Waals surface area contributed by atoms with E-state index >= 15 is 0 Å². The maximum Gasteiger partial charge on any atom is 0.310 e. The molecule has 2 heterocycles. The molecule has 7 heteroatoms. The molecular weight excluding hydrogens is 372 g/mol. The van der Waals surface area contributed by atoms with Gasteiger partial charge < -0.3 is 19.0 Å². The molecule has 0 saturated heterocycles. The highest BCUT2D eigenvalue weighted by Gasteiger charge is 2.37. The zero-order chi connectivity index (χ0) is 20.4. The van der Waals surface area contributed by atoms with E-state index in [0.29, 0.717) is 29.2 Å². The molecular formula is C22H20N2O5. The number of hydrogen-bond donors (Lipinski definition) is 1. The van der Waals surface area contributed by atoms with Gasteiger partial charge in [0, 0.05) is 23.6 Å². The maximum absolute atomic E-state index is 13.1. The molecule has 148 valence electrons. The minimum atomic E-state index is -0.428. The lowest BCUT2D eigenvalue weighted by atomic mass is 9.97. The standard InChI is InChI=1S/C22H20N2O5/c1-27-14-9-10-16(21(12-14)28-2)18-13-17(15-6-3-4-7-19(15)25)23-24(18)22(26)20-8-5-11-29-20/h3-12,18,25H,13H2,1-2H3. The minimum absolute atomic E-state index is 0.110. The molecule has 7 nitrogen and oxygen atoms in total. The molecule has 2 aromatic carbocycles. The van der Waals surface area contributed by atoms with E-state index in [1.54, 1.807) is 50.6 Å². The SMILES string of the molecule is COc1ccc(C2CC(c3ccccc3O)=NN2C(=O)c2ccco2)c(OC)c1. The van der Waals surface area contributed by atoms with Gasteiger partial charge in [0.2, 0.25) is 0 Å². The molecule has 1 amide bonds. The van der Waals surface area contributed by atoms with Crippen molar-refractivity contribution < 1.29 is 23.8 Å². The van der Waals surface area contributed by atoms with E-state index in [4.69, 9.17) is 13.9 Å². The summed E-state index contributed by atoms with van der Waals surface area (Å²) in [6, 6.07) is 15.2. The number of rotatable bonds is 5. The number of benzene rings is 2. The molecule has 0 bridgehead atoms. The van der Waals surface area contributed by atoms with Crippen LogP contribution in [0.2, 0.25) is 0 Å². The average Bonchev–Trinajstić information content (AvgIpc) is 3.43. The summed E-state index contributed by atoms with van der Waals surface area (Å²) >= 11 is 0. The van der Waals surface area contributed by atoms with E-state index in [1.807, 2.05) is 18.2 Å². The Morgan fingerprint density at radius 2 is 1.97 bits per heavy atom. The highest BCUT2D eigenvalue weighted by molar-refractivity contribution is 6.06. The van der Waals surface area contributed by atoms with E-state index in [1.165, 1.54) is 11.3 Å². The fraction of sp³-hybridized carbons (Fsp3) is 0.182. The summed E-state index contributed by atoms with van der Waals surface area (Å²) in [7, 11) is 3.15. The molecule has 0 radical (unpaired) electrons. The minimum Gasteiger partial charge on any atom is -0.507 e. The van der Waals surface area contributed by atoms with Gasteiger partial charge in [0.15, 0.2) is 5.76 Å². The van der Waals surface area contributed by atoms with E-state index in [2.05, 4.69) is 5.10 Å². The third-order valence-electron chi connectivity index (χ3n) is 4.87. The predicted molar refractivity (Wildman–Crippen MR) is 106 cm³/mol. The van der Waals surface area contributed by atoms with Crippen LogP contribution in [0.4, 0.5) is 0 Å². The molecule has 0 spiro atoms. The van der Waals surface area contributed by atoms with E-state index < -0.39 is 6.04 Å². The van der Waals surface area contributed by atoms with Crippen molar-refractivity contribution in [3.05, 3.63) is 77.7 Å². The molecule has 1 aliphatic heterocycles. The summed E-state index contributed by atoms with van der Waals surface area (Å²) in [5, 5.41) is 16.2. The second kappa shape index (κ2) is 7.71. The van der Waals surface area contributed by atoms with Gasteiger partial charge in [-0.2, -0.15) is 5.10 Å². The first-order valence-corrected chi connectivity index (χ1v) is 9.07. The van der Waals surface area contributed by atoms with Gasteiger partial charge in [-0.1, -0.05) is 12.1 Å². The van der Waals surface area contributed by atoms with Gasteiger partial charge in [-0.15, -0.1) is 0 Å². The second-order valence-electron chi connectivity index (χ2n) is 6.52. The number of carbonyl (C=O) groups excluding carboxylic acids is 1. The van der Waals surface area contributed by atoms with Gasteiger partial charge >= 0.3 is 5.91 Å². The largest absolute Gasteiger partial charge is 0.507 e. The summed E-state index contributed by atoms with van der Waals surface area (Å²) in [6.07, 6.45) is 1.85. The van der Waals surface area contributed by atoms with Crippen LogP contribution in [-0.4, -0.2) is 36.0 Å². The third-order valence-corrected chi connectivity index (χ3v) is 4.87. The fourth-order valence-electron chi connectivity index (χ4n) is 3.43. The van der Waals surface area contributed by atoms with Gasteiger partial charge in [0.25, 0.3) is 0 Å². The topological polar surface area (TPSA) is 84.5 Å². The van der Waals surface area contributed by atoms with Gasteiger partial charge in [-0.25, -0.2) is 5.01 Å². The smallest absolute Gasteiger partial charge is 0.310 e. The highest BCUT2D eigenvalue weighted by Crippen LogP contribution is 2.40. The molecule has 1 aromatic heterocycles. The van der Waals surface area contributed by atoms with Crippen molar-refractivity contribution in [1.82, 2.24) is 5.01 Å². The zero-order valence-corrected chi connectivity index (χ0v) is 16.0. The Morgan fingerprint density at radius 1 is 1.14 bits per heavy atom. The average molecular weight is 392 g/mol. The molecule has 29 heavy (non-hydrogen) atoms. The number of hydrazone groups is 1. The Morgan fingerprint density at radius 3 is 2.66 bits per heavy atom. The Labute approximate surface area is 167 Å². The van der Waals surface area contributed by atoms with Crippen LogP contribution in [-0.2, 0) is 0 Å². The lowest BCUT2D eigenvalue weighted by molar-refractivity contribution is 0.0677. The number of amides is 1. The van der Waals surface area contributed by atoms with Crippen molar-refractivity contribution in [1.29, 1.82) is 0 Å². The number of furan rings is 1. The number of nitrogens with zero attached hydrogens (tertiary/aromatic N) is 2. The molecule has 4 rings (SSSR count). The summed E-state index contributed by atoms with van der Waals surface area (Å²) in [5.74, 6) is 1.15. The second-order valence-corrected chi connectivity index (χ2v) is 6.52. The van der Waals surface area contributed by atoms with Gasteiger partial charge in [0.05, 0.1) is 32.2 Å². The van der Waals surface area contributed by atoms with Crippen molar-refractivity contribution in [3.63, 3.8) is 0 Å². The number of ether oxygens (including phenoxy) is 2. The Kier molecular flexibility index (Phi) is 4.95. The Bertz CT molecular complexity index is 1060. The fourth-order valence-corrected chi connectivity index (χ4v) is 3.43. The Balaban J connectivity index is 1.78. The van der Waals surface area contributed by atoms with E-state index in [9.17, 15) is 9.90 Å². The van der Waals surface area contributed by atoms with Crippen LogP contribution in [0.15, 0.2) is 70.4 Å². The van der Waals surface area contributed by atoms with Crippen LogP contribution in [0, 0.1) is 0 Å². The normalized spacial score (nSPS) is 15.9. The van der Waals surface area contributed by atoms with Crippen LogP contribution in [0.25, 0.3) is 0 Å². The van der Waals surface area contributed by atoms with Crippen molar-refractivity contribution in [2.24, 2.45) is 5.10 Å². The molecule has 0 aliphatic carbocycles. The molecule has 1 atom stereocenters. The molecule has 3 aromatic rings. The molecule has 1 N–H and O–H groups in total. The quantitative estimate of drug-likeness (QED) is 0.710. The lowest BCUT2D eigenvalue weighted by Crippen LogP contribution is -2.27. The summed E-state index contributed by atoms with van der Waals surface area (Å²) < 4.78 is 16.1. The van der Waals surface area contributed by atoms with Gasteiger partial charge in [0.1, 0.15) is 17.2 Å². The summed E-state index contributed by atoms with van der Waals surface area (Å²) in [5.41, 5.74) is 1.97. The maximum atomic E-state index is 13.1. The number of hydrogen-bond acceptors (Lipinski definition) is 6. The molecule has 1 aliphatic rings. The van der Waals surface area contributed by atoms with E-state index in [-0.39, 0.29) is 17.4 Å². The van der Waals surface area contributed by atoms with E-state index in [0.717, 1.165) is 5.56 Å². The number of aromatic hydroxyl groups is 1. The highest BCUT2D eigenvalue weighted by atomic mass is 16.5. The molecule has 0 fully saturated rings. The first-order valence-electron chi connectivity index (χ1n) is 9.07. The van der Waals surface area contributed by atoms with Crippen LogP contribution in [0.1, 0.15) is 34.1 Å². The van der Waals surface area contributed by atoms with Crippen molar-refractivity contribution in [3.8, 4) is 17.2 Å². The number of methoxy groups -OCH3 is 2. The van der Waals surface area contributed by atoms with Crippen LogP contribution >= 0.6 is 0 Å². The monoisotopic (exact) mass is 392 g/mol. The van der Waals surface area contributed by atoms with Crippen LogP contribution < -0.4 is 9.47 Å². The summed E-state index contributed by atoms with van der Waals surface area (Å²) in [4.78, 5) is 13.1. The number of para-hydroxylation sites is 1. The molecule has 1 unspecified atom stereocenters. The van der Waals surface area contributed by atoms with Gasteiger partial charge in [-0.05, 0) is 36.4 Å². The van der Waals surface area contributed by atoms with Crippen molar-refractivity contribution >= 4 is 11.6 Å². The number of phenolic OH excluding ortho intramolecular Hbond substituents is 1. The van der Waals surface area contributed by atoms with Crippen molar-refractivity contribution in [2.75, 3.05) is 14.2 Å². The van der Waals surface area contributed by atoms with Gasteiger partial charge in [-0.3, -0.25) is 4.79 Å². The summed E-state index contributed by atoms with van der Waals surface area (Å²) in [6.45, 7) is 0. The number of carbonyl (C=O) groups is 1. The first kappa shape index (κ1) is 18.6. The van der Waals surface area contributed by atoms with Crippen molar-refractivity contribution in [2.45, 2.75) is 12.5 Å². The predicted octanol–water partition coefficient (Wildman–Crippen LogP) is 3.99. The third kappa shape index (κ3) is 3.42. The first-order chi connectivity index (χ1) is 14.1. The number of phenols is 1. The lowest BCUT2D eigenvalue weighted by Gasteiger charge is -2.23. The zero-order valence-electron chi connectivity index (χ0n) is 16.0. The van der Waals surface area contributed by atoms with Crippen LogP contribution in [0.3, 0.4) is 0 Å². The molecule has 0 saturated carbocycles. The Hall–Kier alpha value is -3.74.